The zero-order chi connectivity index (χ0) is 27.7. The predicted molar refractivity (Wildman–Crippen MR) is 144 cm³/mol. The van der Waals surface area contributed by atoms with Gasteiger partial charge in [-0.2, -0.15) is 5.01 Å². The van der Waals surface area contributed by atoms with Gasteiger partial charge in [0, 0.05) is 16.1 Å². The summed E-state index contributed by atoms with van der Waals surface area (Å²) >= 11 is 7.22. The number of ketones is 1. The van der Waals surface area contributed by atoms with Crippen LogP contribution in [-0.2, 0) is 9.59 Å². The van der Waals surface area contributed by atoms with Crippen LogP contribution in [0.25, 0.3) is 0 Å². The van der Waals surface area contributed by atoms with Crippen LogP contribution in [0.4, 0.5) is 0 Å². The number of amides is 3. The van der Waals surface area contributed by atoms with Crippen LogP contribution in [0.5, 0.6) is 5.75 Å². The fourth-order valence-corrected chi connectivity index (χ4v) is 5.56. The minimum atomic E-state index is -0.678. The predicted octanol–water partition coefficient (Wildman–Crippen LogP) is 5.06. The summed E-state index contributed by atoms with van der Waals surface area (Å²) in [7, 11) is 0. The summed E-state index contributed by atoms with van der Waals surface area (Å²) in [5.74, 6) is -3.84. The quantitative estimate of drug-likeness (QED) is 0.131. The van der Waals surface area contributed by atoms with Crippen LogP contribution < -0.4 is 4.74 Å². The van der Waals surface area contributed by atoms with Crippen molar-refractivity contribution < 1.29 is 28.7 Å². The number of fused-ring (bicyclic) bond motifs is 1. The molecule has 1 aliphatic heterocycles. The highest BCUT2D eigenvalue weighted by molar-refractivity contribution is 7.12. The molecule has 2 aliphatic rings. The van der Waals surface area contributed by atoms with Crippen molar-refractivity contribution in [3.05, 3.63) is 99.2 Å². The van der Waals surface area contributed by atoms with Crippen molar-refractivity contribution in [3.8, 4) is 5.75 Å². The molecule has 1 aromatic heterocycles. The molecule has 1 aliphatic carbocycles. The Morgan fingerprint density at radius 1 is 1.00 bits per heavy atom. The third kappa shape index (κ3) is 5.28. The van der Waals surface area contributed by atoms with E-state index in [1.165, 1.54) is 59.9 Å². The minimum absolute atomic E-state index is 0.171. The molecule has 5 rings (SSSR count). The molecule has 0 saturated carbocycles. The molecule has 1 fully saturated rings. The van der Waals surface area contributed by atoms with Crippen molar-refractivity contribution in [3.63, 3.8) is 0 Å². The van der Waals surface area contributed by atoms with Crippen LogP contribution >= 0.6 is 22.9 Å². The van der Waals surface area contributed by atoms with Crippen LogP contribution in [0.2, 0.25) is 5.02 Å². The van der Waals surface area contributed by atoms with Crippen molar-refractivity contribution >= 4 is 52.4 Å². The molecule has 3 amide bonds. The number of hydrogen-bond donors (Lipinski definition) is 0. The summed E-state index contributed by atoms with van der Waals surface area (Å²) in [5.41, 5.74) is 0.385. The maximum absolute atomic E-state index is 13.6. The highest BCUT2D eigenvalue weighted by Crippen LogP contribution is 2.39. The second-order valence-corrected chi connectivity index (χ2v) is 10.7. The number of Topliss-reactive ketones (excluding diaryl/α,β-unsaturated/α-hetero) is 1. The molecule has 0 unspecified atom stereocenters. The van der Waals surface area contributed by atoms with E-state index in [1.807, 2.05) is 19.1 Å². The van der Waals surface area contributed by atoms with Gasteiger partial charge in [0.15, 0.2) is 5.78 Å². The number of esters is 1. The van der Waals surface area contributed by atoms with Gasteiger partial charge in [0.25, 0.3) is 17.7 Å². The minimum Gasteiger partial charge on any atom is -0.422 e. The van der Waals surface area contributed by atoms with E-state index in [1.54, 1.807) is 17.5 Å². The standard InChI is InChI=1S/C29H23ClN2O6S/c1-17-4-2-5-22-25(17)28(36)32(27(22)35)31(26(34)19-7-11-20(30)12-8-19)16-23(33)18-9-13-21(14-10-18)38-29(37)24-6-3-15-39-24/h2-4,6-15,17,22,25H,5,16H2,1H3/t17-,22+,25+/m1/s1. The number of imide groups is 1. The topological polar surface area (TPSA) is 101 Å². The number of rotatable bonds is 7. The molecule has 0 spiro atoms. The van der Waals surface area contributed by atoms with Gasteiger partial charge >= 0.3 is 5.97 Å². The molecule has 10 heteroatoms. The Hall–Kier alpha value is -4.08. The van der Waals surface area contributed by atoms with Gasteiger partial charge in [-0.05, 0) is 72.3 Å². The Morgan fingerprint density at radius 2 is 1.69 bits per heavy atom. The third-order valence-corrected chi connectivity index (χ3v) is 7.92. The van der Waals surface area contributed by atoms with Gasteiger partial charge < -0.3 is 4.74 Å². The normalized spacial score (nSPS) is 20.1. The molecule has 0 bridgehead atoms. The van der Waals surface area contributed by atoms with E-state index in [9.17, 15) is 24.0 Å². The van der Waals surface area contributed by atoms with Crippen LogP contribution in [0.3, 0.4) is 0 Å². The summed E-state index contributed by atoms with van der Waals surface area (Å²) in [6.07, 6.45) is 4.14. The monoisotopic (exact) mass is 562 g/mol. The summed E-state index contributed by atoms with van der Waals surface area (Å²) in [6, 6.07) is 15.2. The molecule has 0 radical (unpaired) electrons. The van der Waals surface area contributed by atoms with Crippen molar-refractivity contribution in [1.82, 2.24) is 10.0 Å². The fourth-order valence-electron chi connectivity index (χ4n) is 4.83. The lowest BCUT2D eigenvalue weighted by molar-refractivity contribution is -0.154. The van der Waals surface area contributed by atoms with Gasteiger partial charge in [-0.3, -0.25) is 19.2 Å². The number of halogens is 1. The lowest BCUT2D eigenvalue weighted by atomic mass is 9.78. The zero-order valence-electron chi connectivity index (χ0n) is 20.8. The first-order chi connectivity index (χ1) is 18.7. The average molecular weight is 563 g/mol. The lowest BCUT2D eigenvalue weighted by Gasteiger charge is -2.30. The summed E-state index contributed by atoms with van der Waals surface area (Å²) in [4.78, 5) is 66.4. The maximum Gasteiger partial charge on any atom is 0.353 e. The Kier molecular flexibility index (Phi) is 7.45. The molecular formula is C29H23ClN2O6S. The van der Waals surface area contributed by atoms with Gasteiger partial charge in [-0.1, -0.05) is 36.7 Å². The third-order valence-electron chi connectivity index (χ3n) is 6.82. The molecule has 2 aromatic carbocycles. The molecule has 0 N–H and O–H groups in total. The lowest BCUT2D eigenvalue weighted by Crippen LogP contribution is -2.52. The van der Waals surface area contributed by atoms with E-state index in [2.05, 4.69) is 0 Å². The number of allylic oxidation sites excluding steroid dienone is 2. The smallest absolute Gasteiger partial charge is 0.353 e. The van der Waals surface area contributed by atoms with E-state index in [-0.39, 0.29) is 22.8 Å². The average Bonchev–Trinajstić information content (AvgIpc) is 3.56. The highest BCUT2D eigenvalue weighted by Gasteiger charge is 2.53. The van der Waals surface area contributed by atoms with Crippen LogP contribution in [-0.4, -0.2) is 46.0 Å². The van der Waals surface area contributed by atoms with Gasteiger partial charge in [-0.25, -0.2) is 9.80 Å². The summed E-state index contributed by atoms with van der Waals surface area (Å²) in [6.45, 7) is 1.31. The number of nitrogens with zero attached hydrogens (tertiary/aromatic N) is 2. The van der Waals surface area contributed by atoms with Crippen LogP contribution in [0.15, 0.2) is 78.2 Å². The maximum atomic E-state index is 13.6. The molecule has 198 valence electrons. The largest absolute Gasteiger partial charge is 0.422 e. The number of carbonyl (C=O) groups excluding carboxylic acids is 5. The van der Waals surface area contributed by atoms with E-state index < -0.39 is 47.9 Å². The second kappa shape index (κ2) is 11.0. The van der Waals surface area contributed by atoms with E-state index >= 15 is 0 Å². The molecule has 1 saturated heterocycles. The molecule has 3 atom stereocenters. The Bertz CT molecular complexity index is 1470. The Labute approximate surface area is 233 Å². The van der Waals surface area contributed by atoms with Crippen molar-refractivity contribution in [2.45, 2.75) is 13.3 Å². The molecular weight excluding hydrogens is 540 g/mol. The summed E-state index contributed by atoms with van der Waals surface area (Å²) < 4.78 is 5.34. The molecule has 39 heavy (non-hydrogen) atoms. The number of ether oxygens (including phenoxy) is 1. The first-order valence-corrected chi connectivity index (χ1v) is 13.5. The van der Waals surface area contributed by atoms with Gasteiger partial charge in [0.1, 0.15) is 17.2 Å². The van der Waals surface area contributed by atoms with Crippen molar-refractivity contribution in [1.29, 1.82) is 0 Å². The van der Waals surface area contributed by atoms with Crippen molar-refractivity contribution in [2.24, 2.45) is 17.8 Å². The number of carbonyl (C=O) groups is 5. The summed E-state index contributed by atoms with van der Waals surface area (Å²) in [5, 5.41) is 3.93. The molecule has 3 aromatic rings. The number of thiophene rings is 1. The highest BCUT2D eigenvalue weighted by atomic mass is 35.5. The van der Waals surface area contributed by atoms with Crippen molar-refractivity contribution in [2.75, 3.05) is 6.54 Å². The molecule has 8 nitrogen and oxygen atoms in total. The van der Waals surface area contributed by atoms with Gasteiger partial charge in [-0.15, -0.1) is 11.3 Å². The Morgan fingerprint density at radius 3 is 2.33 bits per heavy atom. The van der Waals surface area contributed by atoms with E-state index in [0.29, 0.717) is 16.3 Å². The first-order valence-electron chi connectivity index (χ1n) is 12.3. The zero-order valence-corrected chi connectivity index (χ0v) is 22.4. The number of benzene rings is 2. The number of hydrogen-bond acceptors (Lipinski definition) is 7. The van der Waals surface area contributed by atoms with E-state index in [0.717, 1.165) is 10.0 Å². The van der Waals surface area contributed by atoms with E-state index in [4.69, 9.17) is 16.3 Å². The van der Waals surface area contributed by atoms with Gasteiger partial charge in [0.2, 0.25) is 0 Å². The fraction of sp³-hybridized carbons (Fsp3) is 0.207. The number of hydrazine groups is 1. The molecule has 2 heterocycles. The SMILES string of the molecule is C[C@@H]1C=CC[C@@H]2C(=O)N(N(CC(=O)c3ccc(OC(=O)c4cccs4)cc3)C(=O)c3ccc(Cl)cc3)C(=O)[C@@H]12. The van der Waals surface area contributed by atoms with Gasteiger partial charge in [0.05, 0.1) is 11.8 Å². The van der Waals surface area contributed by atoms with Crippen LogP contribution in [0.1, 0.15) is 43.7 Å². The Balaban J connectivity index is 1.39. The first kappa shape index (κ1) is 26.5. The second-order valence-electron chi connectivity index (χ2n) is 9.33. The van der Waals surface area contributed by atoms with Crippen LogP contribution in [0, 0.1) is 17.8 Å².